The second-order valence-electron chi connectivity index (χ2n) is 5.35. The molecule has 0 fully saturated rings. The van der Waals surface area contributed by atoms with Gasteiger partial charge in [0.05, 0.1) is 29.5 Å². The van der Waals surface area contributed by atoms with Crippen molar-refractivity contribution >= 4 is 52.0 Å². The SMILES string of the molecule is CCOc1cc(/C=N\NC(=O)CNc2ccc(Cl)cc2)cc(I)c1OCC. The summed E-state index contributed by atoms with van der Waals surface area (Å²) in [4.78, 5) is 11.9. The molecule has 1 amide bonds. The molecule has 0 aliphatic carbocycles. The number of amides is 1. The van der Waals surface area contributed by atoms with Crippen LogP contribution in [0.25, 0.3) is 0 Å². The maximum Gasteiger partial charge on any atom is 0.259 e. The lowest BCUT2D eigenvalue weighted by molar-refractivity contribution is -0.119. The van der Waals surface area contributed by atoms with Gasteiger partial charge in [-0.05, 0) is 78.4 Å². The van der Waals surface area contributed by atoms with Crippen molar-refractivity contribution in [2.24, 2.45) is 5.10 Å². The van der Waals surface area contributed by atoms with E-state index in [1.807, 2.05) is 26.0 Å². The highest BCUT2D eigenvalue weighted by molar-refractivity contribution is 14.1. The Balaban J connectivity index is 1.94. The van der Waals surface area contributed by atoms with E-state index < -0.39 is 0 Å². The molecule has 27 heavy (non-hydrogen) atoms. The molecular weight excluding hydrogens is 481 g/mol. The van der Waals surface area contributed by atoms with Crippen molar-refractivity contribution in [2.45, 2.75) is 13.8 Å². The summed E-state index contributed by atoms with van der Waals surface area (Å²) in [5.41, 5.74) is 4.10. The van der Waals surface area contributed by atoms with Gasteiger partial charge in [-0.3, -0.25) is 4.79 Å². The lowest BCUT2D eigenvalue weighted by Gasteiger charge is -2.13. The van der Waals surface area contributed by atoms with E-state index in [0.29, 0.717) is 29.7 Å². The number of nitrogens with zero attached hydrogens (tertiary/aromatic N) is 1. The van der Waals surface area contributed by atoms with Gasteiger partial charge in [0.1, 0.15) is 0 Å². The molecule has 0 aliphatic heterocycles. The van der Waals surface area contributed by atoms with Crippen LogP contribution in [-0.2, 0) is 4.79 Å². The van der Waals surface area contributed by atoms with Crippen molar-refractivity contribution < 1.29 is 14.3 Å². The summed E-state index contributed by atoms with van der Waals surface area (Å²) >= 11 is 8.02. The van der Waals surface area contributed by atoms with Crippen LogP contribution in [0, 0.1) is 3.57 Å². The molecule has 144 valence electrons. The van der Waals surface area contributed by atoms with E-state index in [2.05, 4.69) is 38.4 Å². The number of rotatable bonds is 9. The lowest BCUT2D eigenvalue weighted by atomic mass is 10.2. The third kappa shape index (κ3) is 6.91. The Hall–Kier alpha value is -2.00. The minimum absolute atomic E-state index is 0.101. The average Bonchev–Trinajstić information content (AvgIpc) is 2.64. The van der Waals surface area contributed by atoms with Gasteiger partial charge in [0.15, 0.2) is 11.5 Å². The molecule has 0 spiro atoms. The van der Waals surface area contributed by atoms with Crippen molar-refractivity contribution in [3.63, 3.8) is 0 Å². The normalized spacial score (nSPS) is 10.7. The van der Waals surface area contributed by atoms with E-state index in [9.17, 15) is 4.79 Å². The number of nitrogens with one attached hydrogen (secondary N) is 2. The van der Waals surface area contributed by atoms with E-state index in [1.165, 1.54) is 0 Å². The first-order chi connectivity index (χ1) is 13.0. The summed E-state index contributed by atoms with van der Waals surface area (Å²) in [5, 5.41) is 7.64. The fraction of sp³-hybridized carbons (Fsp3) is 0.263. The van der Waals surface area contributed by atoms with Crippen molar-refractivity contribution in [1.82, 2.24) is 5.43 Å². The first kappa shape index (κ1) is 21.3. The highest BCUT2D eigenvalue weighted by Gasteiger charge is 2.11. The Morgan fingerprint density at radius 3 is 2.56 bits per heavy atom. The van der Waals surface area contributed by atoms with Gasteiger partial charge in [0, 0.05) is 10.7 Å². The summed E-state index contributed by atoms with van der Waals surface area (Å²) in [6.07, 6.45) is 1.57. The molecule has 2 aromatic rings. The zero-order valence-electron chi connectivity index (χ0n) is 15.1. The number of hydrogen-bond donors (Lipinski definition) is 2. The third-order valence-corrected chi connectivity index (χ3v) is 4.37. The minimum Gasteiger partial charge on any atom is -0.490 e. The molecule has 2 aromatic carbocycles. The topological polar surface area (TPSA) is 72.0 Å². The maximum absolute atomic E-state index is 11.9. The molecule has 0 saturated heterocycles. The van der Waals surface area contributed by atoms with Gasteiger partial charge in [0.25, 0.3) is 5.91 Å². The van der Waals surface area contributed by atoms with Crippen LogP contribution in [0.3, 0.4) is 0 Å². The van der Waals surface area contributed by atoms with Gasteiger partial charge >= 0.3 is 0 Å². The molecule has 0 unspecified atom stereocenters. The quantitative estimate of drug-likeness (QED) is 0.305. The summed E-state index contributed by atoms with van der Waals surface area (Å²) in [7, 11) is 0. The molecule has 0 aromatic heterocycles. The van der Waals surface area contributed by atoms with Crippen molar-refractivity contribution in [3.05, 3.63) is 50.6 Å². The zero-order chi connectivity index (χ0) is 19.6. The highest BCUT2D eigenvalue weighted by Crippen LogP contribution is 2.33. The molecule has 0 atom stereocenters. The number of carbonyl (C=O) groups is 1. The fourth-order valence-corrected chi connectivity index (χ4v) is 3.09. The maximum atomic E-state index is 11.9. The smallest absolute Gasteiger partial charge is 0.259 e. The largest absolute Gasteiger partial charge is 0.490 e. The predicted molar refractivity (Wildman–Crippen MR) is 117 cm³/mol. The van der Waals surface area contributed by atoms with E-state index in [1.54, 1.807) is 30.5 Å². The predicted octanol–water partition coefficient (Wildman–Crippen LogP) is 4.30. The molecule has 0 radical (unpaired) electrons. The number of ether oxygens (including phenoxy) is 2. The Morgan fingerprint density at radius 2 is 1.89 bits per heavy atom. The van der Waals surface area contributed by atoms with Crippen LogP contribution in [0.4, 0.5) is 5.69 Å². The van der Waals surface area contributed by atoms with E-state index in [0.717, 1.165) is 14.8 Å². The summed E-state index contributed by atoms with van der Waals surface area (Å²) < 4.78 is 12.2. The minimum atomic E-state index is -0.258. The second-order valence-corrected chi connectivity index (χ2v) is 6.95. The molecule has 8 heteroatoms. The van der Waals surface area contributed by atoms with Crippen molar-refractivity contribution in [3.8, 4) is 11.5 Å². The summed E-state index contributed by atoms with van der Waals surface area (Å²) in [5.74, 6) is 1.11. The summed E-state index contributed by atoms with van der Waals surface area (Å²) in [6, 6.07) is 10.9. The van der Waals surface area contributed by atoms with E-state index in [4.69, 9.17) is 21.1 Å². The van der Waals surface area contributed by atoms with Crippen molar-refractivity contribution in [2.75, 3.05) is 25.1 Å². The molecule has 2 rings (SSSR count). The van der Waals surface area contributed by atoms with Gasteiger partial charge < -0.3 is 14.8 Å². The Morgan fingerprint density at radius 1 is 1.19 bits per heavy atom. The molecule has 0 aliphatic rings. The Labute approximate surface area is 177 Å². The number of benzene rings is 2. The van der Waals surface area contributed by atoms with Crippen LogP contribution in [0.15, 0.2) is 41.5 Å². The van der Waals surface area contributed by atoms with E-state index >= 15 is 0 Å². The van der Waals surface area contributed by atoms with Crippen LogP contribution >= 0.6 is 34.2 Å². The van der Waals surface area contributed by atoms with Gasteiger partial charge in [0.2, 0.25) is 0 Å². The molecule has 6 nitrogen and oxygen atoms in total. The first-order valence-corrected chi connectivity index (χ1v) is 9.89. The van der Waals surface area contributed by atoms with Crippen molar-refractivity contribution in [1.29, 1.82) is 0 Å². The van der Waals surface area contributed by atoms with Crippen LogP contribution in [0.1, 0.15) is 19.4 Å². The molecule has 2 N–H and O–H groups in total. The fourth-order valence-electron chi connectivity index (χ4n) is 2.18. The van der Waals surface area contributed by atoms with E-state index in [-0.39, 0.29) is 12.5 Å². The molecule has 0 saturated carbocycles. The third-order valence-electron chi connectivity index (χ3n) is 3.32. The lowest BCUT2D eigenvalue weighted by Crippen LogP contribution is -2.25. The Bertz CT molecular complexity index is 798. The second kappa shape index (κ2) is 11.0. The van der Waals surface area contributed by atoms with Gasteiger partial charge in [-0.2, -0.15) is 5.10 Å². The number of hydrazone groups is 1. The first-order valence-electron chi connectivity index (χ1n) is 8.44. The summed E-state index contributed by atoms with van der Waals surface area (Å²) in [6.45, 7) is 5.03. The standard InChI is InChI=1S/C19H21ClIN3O3/c1-3-26-17-10-13(9-16(21)19(17)27-4-2)11-23-24-18(25)12-22-15-7-5-14(20)6-8-15/h5-11,22H,3-4,12H2,1-2H3,(H,24,25)/b23-11-. The number of carbonyl (C=O) groups excluding carboxylic acids is 1. The molecule has 0 bridgehead atoms. The van der Waals surface area contributed by atoms with Crippen LogP contribution in [0.5, 0.6) is 11.5 Å². The zero-order valence-corrected chi connectivity index (χ0v) is 18.0. The monoisotopic (exact) mass is 501 g/mol. The number of anilines is 1. The molecule has 0 heterocycles. The van der Waals surface area contributed by atoms with Gasteiger partial charge in [-0.25, -0.2) is 5.43 Å². The van der Waals surface area contributed by atoms with Gasteiger partial charge in [-0.15, -0.1) is 0 Å². The van der Waals surface area contributed by atoms with Crippen LogP contribution < -0.4 is 20.2 Å². The number of hydrogen-bond acceptors (Lipinski definition) is 5. The van der Waals surface area contributed by atoms with Gasteiger partial charge in [-0.1, -0.05) is 11.6 Å². The number of halogens is 2. The average molecular weight is 502 g/mol. The Kier molecular flexibility index (Phi) is 8.66. The highest BCUT2D eigenvalue weighted by atomic mass is 127. The van der Waals surface area contributed by atoms with Crippen LogP contribution in [-0.4, -0.2) is 31.9 Å². The van der Waals surface area contributed by atoms with Crippen LogP contribution in [0.2, 0.25) is 5.02 Å². The molecular formula is C19H21ClIN3O3.